The Kier molecular flexibility index (Phi) is 53.8. The van der Waals surface area contributed by atoms with Gasteiger partial charge in [-0.25, -0.2) is 0 Å². The Morgan fingerprint density at radius 1 is 0.411 bits per heavy atom. The molecule has 2 rings (SSSR count). The van der Waals surface area contributed by atoms with E-state index >= 15 is 0 Å². The highest BCUT2D eigenvalue weighted by atomic mass is 16.7. The third-order valence-electron chi connectivity index (χ3n) is 16.3. The van der Waals surface area contributed by atoms with Gasteiger partial charge in [-0.3, -0.25) is 4.79 Å². The maximum absolute atomic E-state index is 13.3. The number of ether oxygens (including phenoxy) is 4. The third kappa shape index (κ3) is 42.4. The zero-order valence-electron chi connectivity index (χ0n) is 55.8. The van der Waals surface area contributed by atoms with Crippen LogP contribution in [0.3, 0.4) is 0 Å². The number of carbonyl (C=O) groups is 1. The number of unbranched alkanes of at least 4 members (excludes halogenated alkanes) is 23. The number of rotatable bonds is 56. The summed E-state index contributed by atoms with van der Waals surface area (Å²) in [5.41, 5.74) is 0. The van der Waals surface area contributed by atoms with Crippen LogP contribution in [0.1, 0.15) is 245 Å². The summed E-state index contributed by atoms with van der Waals surface area (Å²) in [6, 6.07) is -0.942. The van der Waals surface area contributed by atoms with Gasteiger partial charge in [0.25, 0.3) is 0 Å². The molecule has 0 aromatic carbocycles. The zero-order chi connectivity index (χ0) is 65.2. The number of aliphatic hydroxyl groups excluding tert-OH is 8. The van der Waals surface area contributed by atoms with Crippen LogP contribution in [0.4, 0.5) is 0 Å². The molecule has 14 heteroatoms. The van der Waals surface area contributed by atoms with Crippen molar-refractivity contribution in [1.82, 2.24) is 5.32 Å². The number of allylic oxidation sites excluding steroid dienone is 21. The van der Waals surface area contributed by atoms with Crippen molar-refractivity contribution in [2.45, 2.75) is 319 Å². The molecule has 0 saturated carbocycles. The molecule has 0 bridgehead atoms. The summed E-state index contributed by atoms with van der Waals surface area (Å²) in [5, 5.41) is 87.3. The Balaban J connectivity index is 1.64. The van der Waals surface area contributed by atoms with Crippen LogP contribution >= 0.6 is 0 Å². The van der Waals surface area contributed by atoms with Crippen LogP contribution in [0, 0.1) is 0 Å². The second-order valence-electron chi connectivity index (χ2n) is 24.3. The first-order valence-corrected chi connectivity index (χ1v) is 35.4. The molecular formula is C76H127NO13. The standard InChI is InChI=1S/C76H127NO13/c1-3-5-7-9-11-13-15-17-19-21-22-23-24-25-26-27-28-29-30-31-32-33-34-35-36-37-38-39-40-41-42-44-46-48-50-52-54-56-58-60-68(81)77-64(65(80)59-57-55-53-51-49-47-45-43-20-18-16-14-12-10-8-6-4-2)63-87-75-73(86)71(84)74(67(62-79)89-75)90-76-72(85)70(83)69(82)66(61-78)88-76/h5,7,11,13,17,19,22-23,25-26,28-29,31-32,34-35,37-38,49,51,57,59,64-67,69-76,78-80,82-86H,3-4,6,8-10,12,14-16,18,20-21,24,27,30,33,36,39-48,50,52-56,58,60-63H2,1-2H3,(H,77,81)/b7-5-,13-11-,19-17-,23-22-,26-25-,29-28-,32-31-,35-34-,38-37-,51-49+,59-57+. The summed E-state index contributed by atoms with van der Waals surface area (Å²) in [4.78, 5) is 13.3. The number of carbonyl (C=O) groups excluding carboxylic acids is 1. The molecule has 12 atom stereocenters. The first-order valence-electron chi connectivity index (χ1n) is 35.4. The lowest BCUT2D eigenvalue weighted by Gasteiger charge is -2.46. The average Bonchev–Trinajstić information content (AvgIpc) is 1.04. The van der Waals surface area contributed by atoms with Crippen molar-refractivity contribution in [3.8, 4) is 0 Å². The second kappa shape index (κ2) is 58.9. The van der Waals surface area contributed by atoms with Gasteiger partial charge in [-0.15, -0.1) is 0 Å². The van der Waals surface area contributed by atoms with Gasteiger partial charge in [0.2, 0.25) is 5.91 Å². The van der Waals surface area contributed by atoms with Crippen molar-refractivity contribution >= 4 is 5.91 Å². The van der Waals surface area contributed by atoms with Crippen LogP contribution in [0.25, 0.3) is 0 Å². The minimum atomic E-state index is -1.80. The molecule has 2 aliphatic rings. The third-order valence-corrected chi connectivity index (χ3v) is 16.3. The minimum absolute atomic E-state index is 0.257. The molecule has 2 heterocycles. The Morgan fingerprint density at radius 2 is 0.778 bits per heavy atom. The normalized spacial score (nSPS) is 23.8. The maximum atomic E-state index is 13.3. The van der Waals surface area contributed by atoms with Crippen molar-refractivity contribution in [1.29, 1.82) is 0 Å². The number of hydrogen-bond donors (Lipinski definition) is 9. The summed E-state index contributed by atoms with van der Waals surface area (Å²) in [5.74, 6) is -0.257. The van der Waals surface area contributed by atoms with Gasteiger partial charge in [0.15, 0.2) is 12.6 Å². The highest BCUT2D eigenvalue weighted by Gasteiger charge is 2.51. The fraction of sp³-hybridized carbons (Fsp3) is 0.697. The zero-order valence-corrected chi connectivity index (χ0v) is 55.8. The average molecular weight is 1260 g/mol. The van der Waals surface area contributed by atoms with E-state index < -0.39 is 86.8 Å². The molecule has 2 aliphatic heterocycles. The lowest BCUT2D eigenvalue weighted by molar-refractivity contribution is -0.359. The number of hydrogen-bond acceptors (Lipinski definition) is 13. The number of aliphatic hydroxyl groups is 8. The first-order chi connectivity index (χ1) is 44.1. The van der Waals surface area contributed by atoms with Gasteiger partial charge in [0.05, 0.1) is 32.0 Å². The Labute approximate surface area is 545 Å². The SMILES string of the molecule is CC/C=C\C/C=C\C/C=C\C/C=C\C/C=C\C/C=C\C/C=C\C/C=C\C/C=C\CCCCCCCCCCCCCC(=O)NC(COC1OC(CO)C(OC2OC(CO)C(O)C(O)C2O)C(O)C1O)C(O)/C=C/CC/C=C/CCCCCCCCCCCCC. The van der Waals surface area contributed by atoms with Gasteiger partial charge >= 0.3 is 0 Å². The van der Waals surface area contributed by atoms with Crippen molar-refractivity contribution < 1.29 is 64.6 Å². The Morgan fingerprint density at radius 3 is 1.22 bits per heavy atom. The van der Waals surface area contributed by atoms with Gasteiger partial charge in [-0.05, 0) is 103 Å². The Hall–Kier alpha value is -3.87. The van der Waals surface area contributed by atoms with E-state index in [2.05, 4.69) is 141 Å². The second-order valence-corrected chi connectivity index (χ2v) is 24.3. The van der Waals surface area contributed by atoms with Gasteiger partial charge in [-0.2, -0.15) is 0 Å². The van der Waals surface area contributed by atoms with E-state index in [1.54, 1.807) is 6.08 Å². The van der Waals surface area contributed by atoms with E-state index in [0.717, 1.165) is 96.3 Å². The van der Waals surface area contributed by atoms with Crippen LogP contribution in [-0.2, 0) is 23.7 Å². The van der Waals surface area contributed by atoms with Crippen molar-refractivity contribution in [2.24, 2.45) is 0 Å². The summed E-state index contributed by atoms with van der Waals surface area (Å²) >= 11 is 0. The van der Waals surface area contributed by atoms with Crippen molar-refractivity contribution in [2.75, 3.05) is 19.8 Å². The predicted octanol–water partition coefficient (Wildman–Crippen LogP) is 14.7. The maximum Gasteiger partial charge on any atom is 0.220 e. The van der Waals surface area contributed by atoms with E-state index in [1.807, 2.05) is 6.08 Å². The van der Waals surface area contributed by atoms with E-state index in [4.69, 9.17) is 18.9 Å². The largest absolute Gasteiger partial charge is 0.394 e. The summed E-state index contributed by atoms with van der Waals surface area (Å²) in [6.07, 6.45) is 70.8. The van der Waals surface area contributed by atoms with Crippen LogP contribution in [-0.4, -0.2) is 140 Å². The fourth-order valence-electron chi connectivity index (χ4n) is 10.7. The van der Waals surface area contributed by atoms with Gasteiger partial charge in [0, 0.05) is 6.42 Å². The molecule has 0 radical (unpaired) electrons. The van der Waals surface area contributed by atoms with Crippen LogP contribution < -0.4 is 5.32 Å². The molecule has 514 valence electrons. The molecule has 90 heavy (non-hydrogen) atoms. The summed E-state index contributed by atoms with van der Waals surface area (Å²) in [7, 11) is 0. The van der Waals surface area contributed by atoms with Crippen molar-refractivity contribution in [3.05, 3.63) is 134 Å². The van der Waals surface area contributed by atoms with E-state index in [1.165, 1.54) is 116 Å². The highest BCUT2D eigenvalue weighted by molar-refractivity contribution is 5.76. The lowest BCUT2D eigenvalue weighted by Crippen LogP contribution is -2.65. The molecule has 1 amide bonds. The molecule has 9 N–H and O–H groups in total. The van der Waals surface area contributed by atoms with E-state index in [0.29, 0.717) is 12.8 Å². The Bertz CT molecular complexity index is 2020. The van der Waals surface area contributed by atoms with Crippen LogP contribution in [0.5, 0.6) is 0 Å². The lowest BCUT2D eigenvalue weighted by atomic mass is 9.97. The summed E-state index contributed by atoms with van der Waals surface area (Å²) in [6.45, 7) is 2.66. The first kappa shape index (κ1) is 82.2. The molecule has 12 unspecified atom stereocenters. The summed E-state index contributed by atoms with van der Waals surface area (Å²) < 4.78 is 22.8. The molecule has 0 aromatic rings. The molecule has 2 saturated heterocycles. The van der Waals surface area contributed by atoms with Crippen molar-refractivity contribution in [3.63, 3.8) is 0 Å². The highest BCUT2D eigenvalue weighted by Crippen LogP contribution is 2.30. The number of amides is 1. The van der Waals surface area contributed by atoms with Crippen LogP contribution in [0.2, 0.25) is 0 Å². The quantitative estimate of drug-likeness (QED) is 0.0204. The molecule has 14 nitrogen and oxygen atoms in total. The topological polar surface area (TPSA) is 228 Å². The smallest absolute Gasteiger partial charge is 0.220 e. The number of nitrogens with one attached hydrogen (secondary N) is 1. The predicted molar refractivity (Wildman–Crippen MR) is 368 cm³/mol. The minimum Gasteiger partial charge on any atom is -0.394 e. The van der Waals surface area contributed by atoms with E-state index in [9.17, 15) is 45.6 Å². The molecule has 0 aliphatic carbocycles. The van der Waals surface area contributed by atoms with Gasteiger partial charge < -0.3 is 65.1 Å². The van der Waals surface area contributed by atoms with Gasteiger partial charge in [0.1, 0.15) is 48.8 Å². The van der Waals surface area contributed by atoms with E-state index in [-0.39, 0.29) is 18.9 Å². The van der Waals surface area contributed by atoms with Crippen LogP contribution in [0.15, 0.2) is 134 Å². The van der Waals surface area contributed by atoms with Gasteiger partial charge in [-0.1, -0.05) is 270 Å². The molecular weight excluding hydrogens is 1130 g/mol. The monoisotopic (exact) mass is 1260 g/mol. The molecule has 2 fully saturated rings. The fourth-order valence-corrected chi connectivity index (χ4v) is 10.7. The molecule has 0 aromatic heterocycles. The molecule has 0 spiro atoms.